The Morgan fingerprint density at radius 2 is 2.00 bits per heavy atom. The number of piperidine rings is 1. The Labute approximate surface area is 62.2 Å². The van der Waals surface area contributed by atoms with E-state index in [1.165, 1.54) is 32.5 Å². The first-order valence-corrected chi connectivity index (χ1v) is 4.21. The van der Waals surface area contributed by atoms with E-state index >= 15 is 0 Å². The van der Waals surface area contributed by atoms with Crippen molar-refractivity contribution in [3.05, 3.63) is 0 Å². The standard InChI is InChI=1S/C8H15NO/c1-2-9-5-3-8(4-6-9)7-10-8/h2-7H2,1H3. The molecule has 2 heterocycles. The molecule has 10 heavy (non-hydrogen) atoms. The monoisotopic (exact) mass is 141 g/mol. The molecular weight excluding hydrogens is 126 g/mol. The summed E-state index contributed by atoms with van der Waals surface area (Å²) in [5, 5.41) is 0. The molecule has 0 unspecified atom stereocenters. The molecule has 0 aromatic heterocycles. The average Bonchev–Trinajstić information content (AvgIpc) is 2.72. The maximum Gasteiger partial charge on any atom is 0.0940 e. The Morgan fingerprint density at radius 3 is 2.40 bits per heavy atom. The van der Waals surface area contributed by atoms with E-state index in [2.05, 4.69) is 11.8 Å². The lowest BCUT2D eigenvalue weighted by atomic mass is 9.98. The molecule has 2 rings (SSSR count). The van der Waals surface area contributed by atoms with Crippen LogP contribution in [0.15, 0.2) is 0 Å². The summed E-state index contributed by atoms with van der Waals surface area (Å²) in [4.78, 5) is 2.49. The van der Waals surface area contributed by atoms with E-state index in [0.29, 0.717) is 5.60 Å². The lowest BCUT2D eigenvalue weighted by Crippen LogP contribution is -2.37. The van der Waals surface area contributed by atoms with Crippen molar-refractivity contribution in [1.29, 1.82) is 0 Å². The van der Waals surface area contributed by atoms with E-state index in [1.807, 2.05) is 0 Å². The number of rotatable bonds is 1. The van der Waals surface area contributed by atoms with E-state index in [9.17, 15) is 0 Å². The molecule has 2 fully saturated rings. The Kier molecular flexibility index (Phi) is 1.46. The third-order valence-corrected chi connectivity index (χ3v) is 2.77. The van der Waals surface area contributed by atoms with E-state index in [1.54, 1.807) is 0 Å². The maximum absolute atomic E-state index is 5.40. The molecule has 0 amide bonds. The van der Waals surface area contributed by atoms with Gasteiger partial charge in [0, 0.05) is 13.1 Å². The molecular formula is C8H15NO. The third-order valence-electron chi connectivity index (χ3n) is 2.77. The van der Waals surface area contributed by atoms with E-state index in [4.69, 9.17) is 4.74 Å². The first-order chi connectivity index (χ1) is 4.85. The van der Waals surface area contributed by atoms with Gasteiger partial charge in [-0.3, -0.25) is 0 Å². The highest BCUT2D eigenvalue weighted by atomic mass is 16.6. The lowest BCUT2D eigenvalue weighted by Gasteiger charge is -2.28. The Bertz CT molecular complexity index is 121. The minimum Gasteiger partial charge on any atom is -0.369 e. The largest absolute Gasteiger partial charge is 0.369 e. The summed E-state index contributed by atoms with van der Waals surface area (Å²) in [6.07, 6.45) is 2.53. The lowest BCUT2D eigenvalue weighted by molar-refractivity contribution is 0.152. The third kappa shape index (κ3) is 1.06. The van der Waals surface area contributed by atoms with Crippen LogP contribution < -0.4 is 0 Å². The molecule has 2 saturated heterocycles. The molecule has 1 spiro atoms. The van der Waals surface area contributed by atoms with Gasteiger partial charge in [0.2, 0.25) is 0 Å². The zero-order valence-corrected chi connectivity index (χ0v) is 6.60. The predicted molar refractivity (Wildman–Crippen MR) is 40.0 cm³/mol. The van der Waals surface area contributed by atoms with Crippen LogP contribution in [0.2, 0.25) is 0 Å². The van der Waals surface area contributed by atoms with Gasteiger partial charge in [-0.1, -0.05) is 6.92 Å². The minimum atomic E-state index is 0.367. The summed E-state index contributed by atoms with van der Waals surface area (Å²) in [6.45, 7) is 6.96. The molecule has 0 bridgehead atoms. The number of epoxide rings is 1. The van der Waals surface area contributed by atoms with Gasteiger partial charge in [-0.2, -0.15) is 0 Å². The minimum absolute atomic E-state index is 0.367. The number of hydrogen-bond donors (Lipinski definition) is 0. The van der Waals surface area contributed by atoms with Crippen molar-refractivity contribution in [2.24, 2.45) is 0 Å². The van der Waals surface area contributed by atoms with Gasteiger partial charge in [-0.05, 0) is 19.4 Å². The van der Waals surface area contributed by atoms with Gasteiger partial charge in [-0.25, -0.2) is 0 Å². The van der Waals surface area contributed by atoms with Crippen LogP contribution in [0.5, 0.6) is 0 Å². The SMILES string of the molecule is CCN1CCC2(CC1)CO2. The molecule has 0 N–H and O–H groups in total. The number of ether oxygens (including phenoxy) is 1. The summed E-state index contributed by atoms with van der Waals surface area (Å²) in [6, 6.07) is 0. The van der Waals surface area contributed by atoms with Crippen molar-refractivity contribution in [2.75, 3.05) is 26.2 Å². The fourth-order valence-electron chi connectivity index (χ4n) is 1.67. The highest BCUT2D eigenvalue weighted by Crippen LogP contribution is 2.37. The van der Waals surface area contributed by atoms with Crippen LogP contribution in [-0.2, 0) is 4.74 Å². The van der Waals surface area contributed by atoms with Crippen LogP contribution in [0.3, 0.4) is 0 Å². The molecule has 0 aromatic rings. The van der Waals surface area contributed by atoms with Crippen molar-refractivity contribution in [2.45, 2.75) is 25.4 Å². The van der Waals surface area contributed by atoms with Crippen LogP contribution in [0.4, 0.5) is 0 Å². The van der Waals surface area contributed by atoms with Crippen molar-refractivity contribution in [1.82, 2.24) is 4.90 Å². The Hall–Kier alpha value is -0.0800. The smallest absolute Gasteiger partial charge is 0.0940 e. The van der Waals surface area contributed by atoms with Gasteiger partial charge < -0.3 is 9.64 Å². The summed E-state index contributed by atoms with van der Waals surface area (Å²) in [7, 11) is 0. The molecule has 2 nitrogen and oxygen atoms in total. The van der Waals surface area contributed by atoms with Crippen LogP contribution in [0.1, 0.15) is 19.8 Å². The fraction of sp³-hybridized carbons (Fsp3) is 1.00. The molecule has 0 aromatic carbocycles. The Morgan fingerprint density at radius 1 is 1.40 bits per heavy atom. The maximum atomic E-state index is 5.40. The summed E-state index contributed by atoms with van der Waals surface area (Å²) >= 11 is 0. The van der Waals surface area contributed by atoms with Gasteiger partial charge in [0.05, 0.1) is 12.2 Å². The second-order valence-corrected chi connectivity index (χ2v) is 3.41. The molecule has 2 aliphatic rings. The number of likely N-dealkylation sites (tertiary alicyclic amines) is 1. The van der Waals surface area contributed by atoms with Gasteiger partial charge in [0.25, 0.3) is 0 Å². The average molecular weight is 141 g/mol. The van der Waals surface area contributed by atoms with Gasteiger partial charge in [0.15, 0.2) is 0 Å². The van der Waals surface area contributed by atoms with Crippen molar-refractivity contribution < 1.29 is 4.74 Å². The number of nitrogens with zero attached hydrogens (tertiary/aromatic N) is 1. The molecule has 0 aliphatic carbocycles. The number of hydrogen-bond acceptors (Lipinski definition) is 2. The van der Waals surface area contributed by atoms with E-state index in [0.717, 1.165) is 6.61 Å². The van der Waals surface area contributed by atoms with Crippen molar-refractivity contribution >= 4 is 0 Å². The first kappa shape index (κ1) is 6.62. The first-order valence-electron chi connectivity index (χ1n) is 4.21. The summed E-state index contributed by atoms with van der Waals surface area (Å²) in [5.41, 5.74) is 0.367. The molecule has 0 radical (unpaired) electrons. The second-order valence-electron chi connectivity index (χ2n) is 3.41. The zero-order chi connectivity index (χ0) is 7.03. The van der Waals surface area contributed by atoms with Gasteiger partial charge in [-0.15, -0.1) is 0 Å². The quantitative estimate of drug-likeness (QED) is 0.504. The topological polar surface area (TPSA) is 15.8 Å². The Balaban J connectivity index is 1.84. The van der Waals surface area contributed by atoms with Crippen LogP contribution in [0, 0.1) is 0 Å². The van der Waals surface area contributed by atoms with Crippen molar-refractivity contribution in [3.8, 4) is 0 Å². The molecule has 0 saturated carbocycles. The molecule has 2 aliphatic heterocycles. The molecule has 58 valence electrons. The van der Waals surface area contributed by atoms with Crippen LogP contribution >= 0.6 is 0 Å². The fourth-order valence-corrected chi connectivity index (χ4v) is 1.67. The zero-order valence-electron chi connectivity index (χ0n) is 6.60. The van der Waals surface area contributed by atoms with E-state index in [-0.39, 0.29) is 0 Å². The van der Waals surface area contributed by atoms with Crippen LogP contribution in [-0.4, -0.2) is 36.7 Å². The summed E-state index contributed by atoms with van der Waals surface area (Å²) < 4.78 is 5.40. The molecule has 0 atom stereocenters. The highest BCUT2D eigenvalue weighted by molar-refractivity contribution is 4.96. The predicted octanol–water partition coefficient (Wildman–Crippen LogP) is 0.871. The van der Waals surface area contributed by atoms with Crippen molar-refractivity contribution in [3.63, 3.8) is 0 Å². The highest BCUT2D eigenvalue weighted by Gasteiger charge is 2.46. The molecule has 2 heteroatoms. The van der Waals surface area contributed by atoms with E-state index < -0.39 is 0 Å². The second kappa shape index (κ2) is 2.21. The van der Waals surface area contributed by atoms with Gasteiger partial charge in [0.1, 0.15) is 0 Å². The summed E-state index contributed by atoms with van der Waals surface area (Å²) in [5.74, 6) is 0. The van der Waals surface area contributed by atoms with Gasteiger partial charge >= 0.3 is 0 Å². The van der Waals surface area contributed by atoms with Crippen LogP contribution in [0.25, 0.3) is 0 Å². The normalized spacial score (nSPS) is 30.9.